The van der Waals surface area contributed by atoms with Crippen molar-refractivity contribution in [3.05, 3.63) is 29.6 Å². The van der Waals surface area contributed by atoms with E-state index in [4.69, 9.17) is 0 Å². The van der Waals surface area contributed by atoms with E-state index in [0.29, 0.717) is 6.04 Å². The normalized spacial score (nSPS) is 20.4. The Labute approximate surface area is 115 Å². The lowest BCUT2D eigenvalue weighted by molar-refractivity contribution is 0.613. The molecule has 1 N–H and O–H groups in total. The highest BCUT2D eigenvalue weighted by Crippen LogP contribution is 2.25. The van der Waals surface area contributed by atoms with Crippen LogP contribution in [0, 0.1) is 5.82 Å². The van der Waals surface area contributed by atoms with E-state index < -0.39 is 0 Å². The molecule has 0 aromatic heterocycles. The number of halogens is 1. The number of hydrogen-bond donors (Lipinski definition) is 1. The lowest BCUT2D eigenvalue weighted by atomic mass is 10.1. The number of nitrogens with one attached hydrogen (secondary N) is 1. The summed E-state index contributed by atoms with van der Waals surface area (Å²) in [6.45, 7) is 2.86. The number of benzene rings is 1. The molecule has 0 bridgehead atoms. The van der Waals surface area contributed by atoms with Crippen molar-refractivity contribution < 1.29 is 4.39 Å². The first kappa shape index (κ1) is 12.9. The molecule has 1 aliphatic heterocycles. The molecule has 1 aromatic carbocycles. The first-order valence-electron chi connectivity index (χ1n) is 7.60. The van der Waals surface area contributed by atoms with Gasteiger partial charge in [-0.1, -0.05) is 18.9 Å². The quantitative estimate of drug-likeness (QED) is 0.894. The first-order valence-corrected chi connectivity index (χ1v) is 7.60. The number of nitrogens with zero attached hydrogens (tertiary/aromatic N) is 1. The van der Waals surface area contributed by atoms with E-state index in [0.717, 1.165) is 25.3 Å². The maximum atomic E-state index is 14.0. The van der Waals surface area contributed by atoms with Crippen LogP contribution < -0.4 is 10.2 Å². The summed E-state index contributed by atoms with van der Waals surface area (Å²) < 4.78 is 14.0. The van der Waals surface area contributed by atoms with Gasteiger partial charge in [-0.05, 0) is 43.4 Å². The van der Waals surface area contributed by atoms with Crippen LogP contribution in [0.2, 0.25) is 0 Å². The maximum Gasteiger partial charge on any atom is 0.146 e. The second-order valence-electron chi connectivity index (χ2n) is 5.84. The molecular weight excluding hydrogens is 239 g/mol. The standard InChI is InChI=1S/C16H23FN2/c17-15-8-5-13(12-18-14-6-7-14)11-16(15)19-9-3-1-2-4-10-19/h5,8,11,14,18H,1-4,6-7,9-10,12H2. The van der Waals surface area contributed by atoms with Gasteiger partial charge in [0.15, 0.2) is 0 Å². The zero-order valence-corrected chi connectivity index (χ0v) is 11.5. The Balaban J connectivity index is 1.71. The molecule has 0 unspecified atom stereocenters. The lowest BCUT2D eigenvalue weighted by Gasteiger charge is -2.23. The topological polar surface area (TPSA) is 15.3 Å². The molecule has 0 radical (unpaired) electrons. The van der Waals surface area contributed by atoms with Crippen molar-refractivity contribution in [1.29, 1.82) is 0 Å². The molecule has 1 aliphatic carbocycles. The number of anilines is 1. The van der Waals surface area contributed by atoms with E-state index in [1.54, 1.807) is 6.07 Å². The zero-order chi connectivity index (χ0) is 13.1. The van der Waals surface area contributed by atoms with Gasteiger partial charge in [0.2, 0.25) is 0 Å². The summed E-state index contributed by atoms with van der Waals surface area (Å²) in [4.78, 5) is 2.23. The Hall–Kier alpha value is -1.09. The number of rotatable bonds is 4. The van der Waals surface area contributed by atoms with E-state index in [1.807, 2.05) is 12.1 Å². The summed E-state index contributed by atoms with van der Waals surface area (Å²) in [5.41, 5.74) is 2.00. The van der Waals surface area contributed by atoms with Crippen LogP contribution in [0.15, 0.2) is 18.2 Å². The minimum absolute atomic E-state index is 0.0722. The Bertz CT molecular complexity index is 421. The Morgan fingerprint density at radius 2 is 1.84 bits per heavy atom. The average Bonchev–Trinajstić information content (AvgIpc) is 3.25. The third-order valence-corrected chi connectivity index (χ3v) is 4.13. The number of hydrogen-bond acceptors (Lipinski definition) is 2. The van der Waals surface area contributed by atoms with E-state index >= 15 is 0 Å². The highest BCUT2D eigenvalue weighted by atomic mass is 19.1. The molecule has 19 heavy (non-hydrogen) atoms. The molecule has 1 saturated heterocycles. The van der Waals surface area contributed by atoms with Gasteiger partial charge in [-0.15, -0.1) is 0 Å². The van der Waals surface area contributed by atoms with Crippen LogP contribution in [-0.2, 0) is 6.54 Å². The van der Waals surface area contributed by atoms with Crippen molar-refractivity contribution in [3.63, 3.8) is 0 Å². The van der Waals surface area contributed by atoms with Crippen LogP contribution >= 0.6 is 0 Å². The third kappa shape index (κ3) is 3.47. The van der Waals surface area contributed by atoms with Gasteiger partial charge in [0.05, 0.1) is 5.69 Å². The fourth-order valence-electron chi connectivity index (χ4n) is 2.77. The van der Waals surface area contributed by atoms with Crippen LogP contribution in [0.1, 0.15) is 44.1 Å². The Morgan fingerprint density at radius 1 is 1.11 bits per heavy atom. The monoisotopic (exact) mass is 262 g/mol. The van der Waals surface area contributed by atoms with Crippen molar-refractivity contribution in [3.8, 4) is 0 Å². The van der Waals surface area contributed by atoms with E-state index in [2.05, 4.69) is 10.2 Å². The molecule has 0 atom stereocenters. The minimum atomic E-state index is -0.0722. The summed E-state index contributed by atoms with van der Waals surface area (Å²) in [7, 11) is 0. The molecular formula is C16H23FN2. The fraction of sp³-hybridized carbons (Fsp3) is 0.625. The summed E-state index contributed by atoms with van der Waals surface area (Å²) in [5.74, 6) is -0.0722. The average molecular weight is 262 g/mol. The minimum Gasteiger partial charge on any atom is -0.369 e. The van der Waals surface area contributed by atoms with Gasteiger partial charge in [0.25, 0.3) is 0 Å². The third-order valence-electron chi connectivity index (χ3n) is 4.13. The van der Waals surface area contributed by atoms with Crippen LogP contribution in [0.4, 0.5) is 10.1 Å². The molecule has 1 heterocycles. The van der Waals surface area contributed by atoms with Crippen molar-refractivity contribution in [2.24, 2.45) is 0 Å². The summed E-state index contributed by atoms with van der Waals surface area (Å²) in [6.07, 6.45) is 7.51. The molecule has 3 rings (SSSR count). The maximum absolute atomic E-state index is 14.0. The molecule has 0 spiro atoms. The van der Waals surface area contributed by atoms with Crippen LogP contribution in [-0.4, -0.2) is 19.1 Å². The SMILES string of the molecule is Fc1ccc(CNC2CC2)cc1N1CCCCCC1. The van der Waals surface area contributed by atoms with Gasteiger partial charge < -0.3 is 10.2 Å². The Kier molecular flexibility index (Phi) is 4.02. The molecule has 104 valence electrons. The van der Waals surface area contributed by atoms with Crippen molar-refractivity contribution >= 4 is 5.69 Å². The summed E-state index contributed by atoms with van der Waals surface area (Å²) >= 11 is 0. The Morgan fingerprint density at radius 3 is 2.53 bits per heavy atom. The lowest BCUT2D eigenvalue weighted by Crippen LogP contribution is -2.25. The van der Waals surface area contributed by atoms with Crippen LogP contribution in [0.3, 0.4) is 0 Å². The molecule has 2 aliphatic rings. The van der Waals surface area contributed by atoms with E-state index in [1.165, 1.54) is 44.1 Å². The summed E-state index contributed by atoms with van der Waals surface area (Å²) in [5, 5.41) is 3.49. The van der Waals surface area contributed by atoms with Crippen molar-refractivity contribution in [1.82, 2.24) is 5.32 Å². The van der Waals surface area contributed by atoms with E-state index in [-0.39, 0.29) is 5.82 Å². The van der Waals surface area contributed by atoms with Crippen molar-refractivity contribution in [2.75, 3.05) is 18.0 Å². The zero-order valence-electron chi connectivity index (χ0n) is 11.5. The fourth-order valence-corrected chi connectivity index (χ4v) is 2.77. The van der Waals surface area contributed by atoms with Crippen LogP contribution in [0.25, 0.3) is 0 Å². The van der Waals surface area contributed by atoms with Gasteiger partial charge >= 0.3 is 0 Å². The van der Waals surface area contributed by atoms with Gasteiger partial charge in [-0.3, -0.25) is 0 Å². The first-order chi connectivity index (χ1) is 9.33. The molecule has 1 aromatic rings. The molecule has 3 heteroatoms. The highest BCUT2D eigenvalue weighted by Gasteiger charge is 2.20. The molecule has 0 amide bonds. The van der Waals surface area contributed by atoms with Gasteiger partial charge in [-0.25, -0.2) is 4.39 Å². The second-order valence-corrected chi connectivity index (χ2v) is 5.84. The molecule has 2 nitrogen and oxygen atoms in total. The second kappa shape index (κ2) is 5.91. The van der Waals surface area contributed by atoms with E-state index in [9.17, 15) is 4.39 Å². The smallest absolute Gasteiger partial charge is 0.146 e. The van der Waals surface area contributed by atoms with Gasteiger partial charge in [-0.2, -0.15) is 0 Å². The molecule has 1 saturated carbocycles. The highest BCUT2D eigenvalue weighted by molar-refractivity contribution is 5.50. The predicted octanol–water partition coefficient (Wildman–Crippen LogP) is 3.46. The van der Waals surface area contributed by atoms with Gasteiger partial charge in [0, 0.05) is 25.7 Å². The predicted molar refractivity (Wildman–Crippen MR) is 76.9 cm³/mol. The largest absolute Gasteiger partial charge is 0.369 e. The summed E-state index contributed by atoms with van der Waals surface area (Å²) in [6, 6.07) is 6.28. The molecule has 2 fully saturated rings. The van der Waals surface area contributed by atoms with Gasteiger partial charge in [0.1, 0.15) is 5.82 Å². The van der Waals surface area contributed by atoms with Crippen molar-refractivity contribution in [2.45, 2.75) is 51.1 Å². The van der Waals surface area contributed by atoms with Crippen LogP contribution in [0.5, 0.6) is 0 Å².